The molecule has 1 atom stereocenters. The van der Waals surface area contributed by atoms with Gasteiger partial charge in [-0.05, 0) is 55.8 Å². The molecule has 0 aliphatic carbocycles. The lowest BCUT2D eigenvalue weighted by Gasteiger charge is -2.27. The predicted octanol–water partition coefficient (Wildman–Crippen LogP) is 4.08. The Labute approximate surface area is 158 Å². The van der Waals surface area contributed by atoms with Gasteiger partial charge in [0.05, 0.1) is 17.2 Å². The number of benzene rings is 1. The Morgan fingerprint density at radius 2 is 1.93 bits per heavy atom. The number of hydrogen-bond acceptors (Lipinski definition) is 6. The summed E-state index contributed by atoms with van der Waals surface area (Å²) >= 11 is 1.40. The third-order valence-corrected chi connectivity index (χ3v) is 5.95. The molecular weight excluding hydrogens is 367 g/mol. The van der Waals surface area contributed by atoms with Crippen LogP contribution in [0.4, 0.5) is 4.39 Å². The monoisotopic (exact) mass is 384 g/mol. The van der Waals surface area contributed by atoms with Crippen LogP contribution in [-0.2, 0) is 0 Å². The third kappa shape index (κ3) is 2.81. The molecule has 1 aliphatic rings. The molecule has 8 heteroatoms. The van der Waals surface area contributed by atoms with Crippen molar-refractivity contribution in [3.8, 4) is 17.5 Å². The Hall–Kier alpha value is -2.71. The van der Waals surface area contributed by atoms with Gasteiger partial charge in [-0.25, -0.2) is 4.39 Å². The van der Waals surface area contributed by atoms with Crippen LogP contribution in [0, 0.1) is 5.82 Å². The smallest absolute Gasteiger partial charge is 0.230 e. The summed E-state index contributed by atoms with van der Waals surface area (Å²) in [6, 6.07) is 9.89. The van der Waals surface area contributed by atoms with Crippen LogP contribution in [0.3, 0.4) is 0 Å². The molecule has 0 amide bonds. The maximum atomic E-state index is 13.4. The van der Waals surface area contributed by atoms with Gasteiger partial charge in [-0.1, -0.05) is 23.5 Å². The van der Waals surface area contributed by atoms with Crippen molar-refractivity contribution < 1.29 is 13.9 Å². The number of likely N-dealkylation sites (tertiary alicyclic amines) is 1. The Bertz CT molecular complexity index is 1070. The normalized spacial score (nSPS) is 16.3. The van der Waals surface area contributed by atoms with Gasteiger partial charge in [-0.15, -0.1) is 5.10 Å². The van der Waals surface area contributed by atoms with Crippen molar-refractivity contribution in [2.45, 2.75) is 18.9 Å². The van der Waals surface area contributed by atoms with Crippen LogP contribution in [0.5, 0.6) is 5.88 Å². The minimum Gasteiger partial charge on any atom is -0.492 e. The van der Waals surface area contributed by atoms with Gasteiger partial charge in [0.2, 0.25) is 16.7 Å². The first-order chi connectivity index (χ1) is 13.2. The molecule has 1 N–H and O–H groups in total. The van der Waals surface area contributed by atoms with E-state index in [0.29, 0.717) is 16.5 Å². The molecule has 27 heavy (non-hydrogen) atoms. The fraction of sp³-hybridized carbons (Fsp3) is 0.263. The minimum atomic E-state index is -0.270. The summed E-state index contributed by atoms with van der Waals surface area (Å²) in [6.07, 6.45) is 3.79. The highest BCUT2D eigenvalue weighted by Crippen LogP contribution is 2.41. The summed E-state index contributed by atoms with van der Waals surface area (Å²) in [5.41, 5.74) is 0.948. The lowest BCUT2D eigenvalue weighted by atomic mass is 10.0. The molecule has 0 spiro atoms. The molecule has 1 aliphatic heterocycles. The number of rotatable bonds is 4. The molecule has 0 saturated carbocycles. The van der Waals surface area contributed by atoms with Crippen molar-refractivity contribution in [1.82, 2.24) is 19.5 Å². The molecule has 0 unspecified atom stereocenters. The molecule has 1 fully saturated rings. The molecule has 138 valence electrons. The van der Waals surface area contributed by atoms with Crippen molar-refractivity contribution >= 4 is 16.3 Å². The summed E-state index contributed by atoms with van der Waals surface area (Å²) < 4.78 is 20.2. The van der Waals surface area contributed by atoms with E-state index in [2.05, 4.69) is 15.0 Å². The number of aromatic nitrogens is 3. The molecular formula is C19H17FN4O2S. The van der Waals surface area contributed by atoms with Crippen LogP contribution < -0.4 is 0 Å². The van der Waals surface area contributed by atoms with Gasteiger partial charge in [0.1, 0.15) is 5.82 Å². The number of thiazole rings is 1. The van der Waals surface area contributed by atoms with Crippen LogP contribution in [0.1, 0.15) is 29.3 Å². The lowest BCUT2D eigenvalue weighted by Crippen LogP contribution is -2.26. The number of aromatic hydroxyl groups is 1. The minimum absolute atomic E-state index is 0.0709. The second-order valence-corrected chi connectivity index (χ2v) is 7.60. The van der Waals surface area contributed by atoms with Gasteiger partial charge in [-0.3, -0.25) is 4.90 Å². The second-order valence-electron chi connectivity index (χ2n) is 6.59. The maximum Gasteiger partial charge on any atom is 0.230 e. The zero-order valence-corrected chi connectivity index (χ0v) is 15.2. The van der Waals surface area contributed by atoms with E-state index in [9.17, 15) is 9.50 Å². The first kappa shape index (κ1) is 16.5. The molecule has 4 aromatic rings. The van der Waals surface area contributed by atoms with E-state index in [1.807, 2.05) is 0 Å². The Morgan fingerprint density at radius 1 is 1.15 bits per heavy atom. The number of halogens is 1. The van der Waals surface area contributed by atoms with E-state index in [1.54, 1.807) is 30.5 Å². The first-order valence-corrected chi connectivity index (χ1v) is 9.64. The number of nitrogens with zero attached hydrogens (tertiary/aromatic N) is 4. The van der Waals surface area contributed by atoms with Gasteiger partial charge in [0.25, 0.3) is 0 Å². The average molecular weight is 384 g/mol. The zero-order chi connectivity index (χ0) is 18.4. The first-order valence-electron chi connectivity index (χ1n) is 8.82. The fourth-order valence-electron chi connectivity index (χ4n) is 3.61. The van der Waals surface area contributed by atoms with E-state index in [1.165, 1.54) is 28.0 Å². The van der Waals surface area contributed by atoms with Gasteiger partial charge < -0.3 is 9.52 Å². The molecule has 0 radical (unpaired) electrons. The van der Waals surface area contributed by atoms with E-state index >= 15 is 0 Å². The van der Waals surface area contributed by atoms with Crippen molar-refractivity contribution in [2.75, 3.05) is 13.1 Å². The van der Waals surface area contributed by atoms with Crippen LogP contribution in [-0.4, -0.2) is 37.7 Å². The topological polar surface area (TPSA) is 66.8 Å². The number of furan rings is 1. The van der Waals surface area contributed by atoms with Crippen molar-refractivity contribution in [3.63, 3.8) is 0 Å². The highest BCUT2D eigenvalue weighted by molar-refractivity contribution is 7.17. The van der Waals surface area contributed by atoms with Crippen LogP contribution in [0.2, 0.25) is 0 Å². The maximum absolute atomic E-state index is 13.4. The van der Waals surface area contributed by atoms with Crippen molar-refractivity contribution in [1.29, 1.82) is 0 Å². The molecule has 3 aromatic heterocycles. The van der Waals surface area contributed by atoms with Crippen molar-refractivity contribution in [3.05, 3.63) is 58.9 Å². The standard InChI is InChI=1S/C19H17FN4O2S/c20-13-7-5-12(6-8-13)15(23-9-1-2-10-23)16-18(25)24-19(27-16)21-17(22-24)14-4-3-11-26-14/h3-8,11,15,25H,1-2,9-10H2/t15-/m1/s1. The molecule has 4 heterocycles. The Kier molecular flexibility index (Phi) is 3.95. The van der Waals surface area contributed by atoms with E-state index in [-0.39, 0.29) is 17.7 Å². The summed E-state index contributed by atoms with van der Waals surface area (Å²) in [6.45, 7) is 1.87. The van der Waals surface area contributed by atoms with E-state index in [0.717, 1.165) is 36.4 Å². The molecule has 5 rings (SSSR count). The van der Waals surface area contributed by atoms with Crippen LogP contribution in [0.15, 0.2) is 47.1 Å². The summed E-state index contributed by atoms with van der Waals surface area (Å²) in [7, 11) is 0. The summed E-state index contributed by atoms with van der Waals surface area (Å²) in [5.74, 6) is 0.796. The quantitative estimate of drug-likeness (QED) is 0.574. The fourth-order valence-corrected chi connectivity index (χ4v) is 4.73. The number of hydrogen-bond donors (Lipinski definition) is 1. The van der Waals surface area contributed by atoms with Crippen LogP contribution >= 0.6 is 11.3 Å². The van der Waals surface area contributed by atoms with Crippen LogP contribution in [0.25, 0.3) is 16.5 Å². The van der Waals surface area contributed by atoms with E-state index < -0.39 is 0 Å². The number of fused-ring (bicyclic) bond motifs is 1. The summed E-state index contributed by atoms with van der Waals surface area (Å²) in [4.78, 5) is 8.17. The van der Waals surface area contributed by atoms with Crippen molar-refractivity contribution in [2.24, 2.45) is 0 Å². The molecule has 1 saturated heterocycles. The highest BCUT2D eigenvalue weighted by atomic mass is 32.1. The molecule has 1 aromatic carbocycles. The predicted molar refractivity (Wildman–Crippen MR) is 99.3 cm³/mol. The lowest BCUT2D eigenvalue weighted by molar-refractivity contribution is 0.277. The largest absolute Gasteiger partial charge is 0.492 e. The van der Waals surface area contributed by atoms with Gasteiger partial charge in [-0.2, -0.15) is 9.50 Å². The Balaban J connectivity index is 1.60. The van der Waals surface area contributed by atoms with Gasteiger partial charge in [0.15, 0.2) is 5.76 Å². The molecule has 6 nitrogen and oxygen atoms in total. The SMILES string of the molecule is Oc1c([C@@H](c2ccc(F)cc2)N2CCCC2)sc2nc(-c3ccco3)nn12. The zero-order valence-electron chi connectivity index (χ0n) is 14.4. The second kappa shape index (κ2) is 6.47. The molecule has 0 bridgehead atoms. The van der Waals surface area contributed by atoms with E-state index in [4.69, 9.17) is 4.42 Å². The highest BCUT2D eigenvalue weighted by Gasteiger charge is 2.31. The summed E-state index contributed by atoms with van der Waals surface area (Å²) in [5, 5.41) is 15.3. The Morgan fingerprint density at radius 3 is 2.59 bits per heavy atom. The average Bonchev–Trinajstić information content (AvgIpc) is 3.44. The third-order valence-electron chi connectivity index (χ3n) is 4.88. The van der Waals surface area contributed by atoms with Gasteiger partial charge in [0, 0.05) is 0 Å². The van der Waals surface area contributed by atoms with Gasteiger partial charge >= 0.3 is 0 Å².